The molecular weight excluding hydrogens is 270 g/mol. The third-order valence-electron chi connectivity index (χ3n) is 3.94. The van der Waals surface area contributed by atoms with Gasteiger partial charge in [-0.2, -0.15) is 0 Å². The zero-order chi connectivity index (χ0) is 14.7. The largest absolute Gasteiger partial charge is 0.486 e. The van der Waals surface area contributed by atoms with Crippen molar-refractivity contribution in [1.29, 1.82) is 0 Å². The number of likely N-dealkylation sites (tertiary alicyclic amines) is 1. The summed E-state index contributed by atoms with van der Waals surface area (Å²) in [5.74, 6) is 2.03. The van der Waals surface area contributed by atoms with Gasteiger partial charge in [-0.25, -0.2) is 4.79 Å². The van der Waals surface area contributed by atoms with Gasteiger partial charge in [0.25, 0.3) is 0 Å². The lowest BCUT2D eigenvalue weighted by Crippen LogP contribution is -2.36. The molecule has 1 fully saturated rings. The maximum Gasteiger partial charge on any atom is 0.407 e. The predicted octanol–water partition coefficient (Wildman–Crippen LogP) is 2.86. The first-order valence-corrected chi connectivity index (χ1v) is 7.28. The van der Waals surface area contributed by atoms with Crippen molar-refractivity contribution >= 4 is 12.2 Å². The molecule has 1 aromatic rings. The van der Waals surface area contributed by atoms with Gasteiger partial charge in [-0.3, -0.25) is 0 Å². The van der Waals surface area contributed by atoms with Crippen LogP contribution in [0.3, 0.4) is 0 Å². The quantitative estimate of drug-likeness (QED) is 0.909. The highest BCUT2D eigenvalue weighted by molar-refractivity contribution is 5.65. The zero-order valence-electron chi connectivity index (χ0n) is 11.8. The van der Waals surface area contributed by atoms with Crippen LogP contribution in [0.2, 0.25) is 0 Å². The molecule has 0 unspecified atom stereocenters. The standard InChI is InChI=1S/C16H19NO4/c18-16(19)17-7-5-12(6-8-17)1-2-13-3-4-14-15(11-13)21-10-9-20-14/h1-4,11-12H,5-10H2,(H,18,19). The van der Waals surface area contributed by atoms with Gasteiger partial charge in [0.15, 0.2) is 11.5 Å². The first-order valence-electron chi connectivity index (χ1n) is 7.28. The molecular formula is C16H19NO4. The highest BCUT2D eigenvalue weighted by atomic mass is 16.6. The van der Waals surface area contributed by atoms with Crippen molar-refractivity contribution in [1.82, 2.24) is 4.90 Å². The second-order valence-electron chi connectivity index (χ2n) is 5.37. The van der Waals surface area contributed by atoms with Crippen LogP contribution in [0.5, 0.6) is 11.5 Å². The Hall–Kier alpha value is -2.17. The van der Waals surface area contributed by atoms with Gasteiger partial charge in [0.2, 0.25) is 0 Å². The molecule has 2 aliphatic rings. The van der Waals surface area contributed by atoms with E-state index in [-0.39, 0.29) is 0 Å². The molecule has 5 heteroatoms. The second-order valence-corrected chi connectivity index (χ2v) is 5.37. The topological polar surface area (TPSA) is 59.0 Å². The number of ether oxygens (including phenoxy) is 2. The van der Waals surface area contributed by atoms with Crippen molar-refractivity contribution in [3.05, 3.63) is 29.8 Å². The Morgan fingerprint density at radius 3 is 2.62 bits per heavy atom. The van der Waals surface area contributed by atoms with Crippen molar-refractivity contribution in [2.45, 2.75) is 12.8 Å². The molecule has 1 saturated heterocycles. The molecule has 21 heavy (non-hydrogen) atoms. The Morgan fingerprint density at radius 2 is 1.90 bits per heavy atom. The fourth-order valence-corrected chi connectivity index (χ4v) is 2.69. The Balaban J connectivity index is 1.60. The first kappa shape index (κ1) is 13.8. The normalized spacial score (nSPS) is 19.0. The van der Waals surface area contributed by atoms with Crippen LogP contribution in [0.15, 0.2) is 24.3 Å². The van der Waals surface area contributed by atoms with Crippen LogP contribution in [0.1, 0.15) is 18.4 Å². The number of hydrogen-bond acceptors (Lipinski definition) is 3. The van der Waals surface area contributed by atoms with Crippen LogP contribution in [-0.2, 0) is 0 Å². The molecule has 112 valence electrons. The third-order valence-corrected chi connectivity index (χ3v) is 3.94. The molecule has 0 aromatic heterocycles. The molecule has 2 heterocycles. The van der Waals surface area contributed by atoms with Crippen LogP contribution in [0.4, 0.5) is 4.79 Å². The summed E-state index contributed by atoms with van der Waals surface area (Å²) in [5, 5.41) is 8.93. The number of hydrogen-bond donors (Lipinski definition) is 1. The molecule has 3 rings (SSSR count). The van der Waals surface area contributed by atoms with Crippen molar-refractivity contribution in [3.8, 4) is 11.5 Å². The maximum absolute atomic E-state index is 10.9. The van der Waals surface area contributed by atoms with Crippen LogP contribution >= 0.6 is 0 Å². The molecule has 0 saturated carbocycles. The highest BCUT2D eigenvalue weighted by Crippen LogP contribution is 2.31. The van der Waals surface area contributed by atoms with Crippen molar-refractivity contribution in [3.63, 3.8) is 0 Å². The first-order chi connectivity index (χ1) is 10.2. The molecule has 2 aliphatic heterocycles. The summed E-state index contributed by atoms with van der Waals surface area (Å²) in [5.41, 5.74) is 1.08. The van der Waals surface area contributed by atoms with E-state index < -0.39 is 6.09 Å². The lowest BCUT2D eigenvalue weighted by Gasteiger charge is -2.28. The average Bonchev–Trinajstić information content (AvgIpc) is 2.53. The Labute approximate surface area is 123 Å². The Bertz CT molecular complexity index is 547. The number of carbonyl (C=O) groups is 1. The van der Waals surface area contributed by atoms with Gasteiger partial charge in [0, 0.05) is 13.1 Å². The van der Waals surface area contributed by atoms with Gasteiger partial charge in [0.05, 0.1) is 0 Å². The summed E-state index contributed by atoms with van der Waals surface area (Å²) in [7, 11) is 0. The van der Waals surface area contributed by atoms with E-state index in [1.54, 1.807) is 0 Å². The van der Waals surface area contributed by atoms with E-state index >= 15 is 0 Å². The minimum atomic E-state index is -0.815. The van der Waals surface area contributed by atoms with E-state index in [0.29, 0.717) is 32.2 Å². The van der Waals surface area contributed by atoms with E-state index in [4.69, 9.17) is 14.6 Å². The van der Waals surface area contributed by atoms with Gasteiger partial charge in [0.1, 0.15) is 13.2 Å². The average molecular weight is 289 g/mol. The number of benzene rings is 1. The predicted molar refractivity (Wildman–Crippen MR) is 78.8 cm³/mol. The molecule has 5 nitrogen and oxygen atoms in total. The van der Waals surface area contributed by atoms with E-state index in [1.807, 2.05) is 18.2 Å². The molecule has 0 aliphatic carbocycles. The van der Waals surface area contributed by atoms with E-state index in [2.05, 4.69) is 12.2 Å². The fourth-order valence-electron chi connectivity index (χ4n) is 2.69. The number of allylic oxidation sites excluding steroid dienone is 1. The molecule has 0 bridgehead atoms. The summed E-state index contributed by atoms with van der Waals surface area (Å²) in [6.45, 7) is 2.43. The Kier molecular flexibility index (Phi) is 3.99. The van der Waals surface area contributed by atoms with Gasteiger partial charge in [-0.1, -0.05) is 18.2 Å². The van der Waals surface area contributed by atoms with Gasteiger partial charge in [-0.05, 0) is 36.5 Å². The molecule has 1 aromatic carbocycles. The minimum Gasteiger partial charge on any atom is -0.486 e. The third kappa shape index (κ3) is 3.29. The van der Waals surface area contributed by atoms with Crippen molar-refractivity contribution in [2.75, 3.05) is 26.3 Å². The number of nitrogens with zero attached hydrogens (tertiary/aromatic N) is 1. The number of amides is 1. The van der Waals surface area contributed by atoms with Crippen LogP contribution in [-0.4, -0.2) is 42.4 Å². The summed E-state index contributed by atoms with van der Waals surface area (Å²) in [4.78, 5) is 12.3. The zero-order valence-corrected chi connectivity index (χ0v) is 11.8. The number of carboxylic acid groups (broad SMARTS) is 1. The van der Waals surface area contributed by atoms with E-state index in [9.17, 15) is 4.79 Å². The molecule has 1 amide bonds. The van der Waals surface area contributed by atoms with Gasteiger partial charge < -0.3 is 19.5 Å². The number of fused-ring (bicyclic) bond motifs is 1. The van der Waals surface area contributed by atoms with E-state index in [0.717, 1.165) is 29.9 Å². The summed E-state index contributed by atoms with van der Waals surface area (Å²) in [6.07, 6.45) is 5.20. The molecule has 0 atom stereocenters. The van der Waals surface area contributed by atoms with Crippen LogP contribution < -0.4 is 9.47 Å². The SMILES string of the molecule is O=C(O)N1CCC(C=Cc2ccc3c(c2)OCCO3)CC1. The maximum atomic E-state index is 10.9. The lowest BCUT2D eigenvalue weighted by molar-refractivity contribution is 0.129. The van der Waals surface area contributed by atoms with Crippen molar-refractivity contribution < 1.29 is 19.4 Å². The summed E-state index contributed by atoms with van der Waals surface area (Å²) >= 11 is 0. The molecule has 0 radical (unpaired) electrons. The Morgan fingerprint density at radius 1 is 1.19 bits per heavy atom. The van der Waals surface area contributed by atoms with E-state index in [1.165, 1.54) is 4.90 Å². The fraction of sp³-hybridized carbons (Fsp3) is 0.438. The van der Waals surface area contributed by atoms with Gasteiger partial charge in [-0.15, -0.1) is 0 Å². The van der Waals surface area contributed by atoms with Gasteiger partial charge >= 0.3 is 6.09 Å². The lowest BCUT2D eigenvalue weighted by atomic mass is 9.96. The van der Waals surface area contributed by atoms with Crippen molar-refractivity contribution in [2.24, 2.45) is 5.92 Å². The summed E-state index contributed by atoms with van der Waals surface area (Å²) < 4.78 is 11.1. The monoisotopic (exact) mass is 289 g/mol. The number of piperidine rings is 1. The highest BCUT2D eigenvalue weighted by Gasteiger charge is 2.20. The smallest absolute Gasteiger partial charge is 0.407 e. The molecule has 0 spiro atoms. The molecule has 1 N–H and O–H groups in total. The summed E-state index contributed by atoms with van der Waals surface area (Å²) in [6, 6.07) is 5.93. The minimum absolute atomic E-state index is 0.439. The van der Waals surface area contributed by atoms with Crippen LogP contribution in [0, 0.1) is 5.92 Å². The van der Waals surface area contributed by atoms with Crippen LogP contribution in [0.25, 0.3) is 6.08 Å². The number of rotatable bonds is 2. The second kappa shape index (κ2) is 6.08.